The quantitative estimate of drug-likeness (QED) is 0.239. The third-order valence-electron chi connectivity index (χ3n) is 9.21. The Morgan fingerprint density at radius 3 is 2.46 bits per heavy atom. The Kier molecular flexibility index (Phi) is 9.49. The van der Waals surface area contributed by atoms with Gasteiger partial charge in [-0.1, -0.05) is 6.07 Å². The number of esters is 1. The average molecular weight is 659 g/mol. The number of rotatable bonds is 8. The molecule has 1 aliphatic heterocycles. The van der Waals surface area contributed by atoms with Crippen LogP contribution in [0.3, 0.4) is 0 Å². The molecule has 4 aliphatic rings. The number of carboxylic acid groups (broad SMARTS) is 1. The number of nitrogens with one attached hydrogen (secondary N) is 2. The zero-order valence-corrected chi connectivity index (χ0v) is 26.5. The molecule has 2 aromatic heterocycles. The number of ether oxygens (including phenoxy) is 2. The highest BCUT2D eigenvalue weighted by atomic mass is 35.5. The van der Waals surface area contributed by atoms with Crippen molar-refractivity contribution < 1.29 is 38.1 Å². The van der Waals surface area contributed by atoms with Crippen molar-refractivity contribution >= 4 is 46.9 Å². The van der Waals surface area contributed by atoms with Crippen LogP contribution in [0.1, 0.15) is 78.9 Å². The summed E-state index contributed by atoms with van der Waals surface area (Å²) >= 11 is 5.49. The lowest BCUT2D eigenvalue weighted by Crippen LogP contribution is -2.50. The first-order chi connectivity index (χ1) is 21.9. The SMILES string of the molecule is CC(C)N1C(=O)COc2ccc(CNCl)cc21.COC(=O)C12CCC(CNC(=O)c3cc(C(=O)O)nc4c(F)cnn34)(CC1)CC2. The number of nitrogens with zero attached hydrogens (tertiary/aromatic N) is 4. The van der Waals surface area contributed by atoms with E-state index in [2.05, 4.69) is 20.2 Å². The summed E-state index contributed by atoms with van der Waals surface area (Å²) in [4.78, 5) is 56.1. The maximum absolute atomic E-state index is 13.9. The Morgan fingerprint density at radius 1 is 1.15 bits per heavy atom. The van der Waals surface area contributed by atoms with Gasteiger partial charge in [-0.15, -0.1) is 0 Å². The summed E-state index contributed by atoms with van der Waals surface area (Å²) in [6, 6.07) is 6.94. The number of anilines is 1. The van der Waals surface area contributed by atoms with E-state index in [1.807, 2.05) is 32.0 Å². The summed E-state index contributed by atoms with van der Waals surface area (Å²) in [5.41, 5.74) is 0.486. The normalized spacial score (nSPS) is 21.7. The van der Waals surface area contributed by atoms with E-state index in [9.17, 15) is 28.7 Å². The summed E-state index contributed by atoms with van der Waals surface area (Å²) in [6.45, 7) is 5.02. The van der Waals surface area contributed by atoms with E-state index in [0.717, 1.165) is 72.3 Å². The molecule has 1 aromatic carbocycles. The predicted molar refractivity (Wildman–Crippen MR) is 164 cm³/mol. The predicted octanol–water partition coefficient (Wildman–Crippen LogP) is 3.87. The summed E-state index contributed by atoms with van der Waals surface area (Å²) in [5, 5.41) is 15.8. The summed E-state index contributed by atoms with van der Waals surface area (Å²) in [6.07, 6.45) is 5.45. The van der Waals surface area contributed by atoms with Gasteiger partial charge >= 0.3 is 11.9 Å². The van der Waals surface area contributed by atoms with Crippen LogP contribution in [-0.2, 0) is 20.9 Å². The third-order valence-corrected chi connectivity index (χ3v) is 9.35. The van der Waals surface area contributed by atoms with E-state index in [0.29, 0.717) is 13.1 Å². The number of aromatic nitrogens is 3. The number of hydrogen-bond acceptors (Lipinski definition) is 9. The highest BCUT2D eigenvalue weighted by Crippen LogP contribution is 2.57. The largest absolute Gasteiger partial charge is 0.482 e. The lowest BCUT2D eigenvalue weighted by Gasteiger charge is -2.51. The molecule has 3 N–H and O–H groups in total. The van der Waals surface area contributed by atoms with Crippen LogP contribution in [-0.4, -0.2) is 69.8 Å². The van der Waals surface area contributed by atoms with Crippen LogP contribution in [0.15, 0.2) is 30.5 Å². The number of carbonyl (C=O) groups excluding carboxylic acids is 3. The second-order valence-electron chi connectivity index (χ2n) is 12.3. The van der Waals surface area contributed by atoms with E-state index in [1.54, 1.807) is 4.90 Å². The summed E-state index contributed by atoms with van der Waals surface area (Å²) < 4.78 is 25.2. The first kappa shape index (κ1) is 33.1. The van der Waals surface area contributed by atoms with Gasteiger partial charge in [-0.05, 0) is 87.3 Å². The van der Waals surface area contributed by atoms with E-state index >= 15 is 0 Å². The topological polar surface area (TPSA) is 164 Å². The zero-order chi connectivity index (χ0) is 33.2. The van der Waals surface area contributed by atoms with Gasteiger partial charge in [0.05, 0.1) is 24.4 Å². The Morgan fingerprint density at radius 2 is 1.85 bits per heavy atom. The Hall–Kier alpha value is -4.30. The second-order valence-corrected chi connectivity index (χ2v) is 12.5. The molecule has 7 rings (SSSR count). The van der Waals surface area contributed by atoms with Crippen LogP contribution in [0.2, 0.25) is 0 Å². The van der Waals surface area contributed by atoms with E-state index in [-0.39, 0.29) is 41.3 Å². The maximum Gasteiger partial charge on any atom is 0.354 e. The van der Waals surface area contributed by atoms with Gasteiger partial charge in [0.25, 0.3) is 11.8 Å². The first-order valence-corrected chi connectivity index (χ1v) is 15.4. The van der Waals surface area contributed by atoms with Crippen LogP contribution in [0, 0.1) is 16.6 Å². The van der Waals surface area contributed by atoms with Crippen molar-refractivity contribution in [2.45, 2.75) is 65.0 Å². The number of benzene rings is 1. The van der Waals surface area contributed by atoms with Crippen LogP contribution < -0.4 is 19.8 Å². The molecule has 3 heterocycles. The summed E-state index contributed by atoms with van der Waals surface area (Å²) in [5.74, 6) is -2.14. The molecule has 2 amide bonds. The molecule has 13 nitrogen and oxygen atoms in total. The van der Waals surface area contributed by atoms with Crippen LogP contribution in [0.4, 0.5) is 10.1 Å². The lowest BCUT2D eigenvalue weighted by molar-refractivity contribution is -0.162. The van der Waals surface area contributed by atoms with Crippen LogP contribution in [0.5, 0.6) is 5.75 Å². The van der Waals surface area contributed by atoms with Crippen molar-refractivity contribution in [2.24, 2.45) is 10.8 Å². The minimum atomic E-state index is -1.36. The minimum Gasteiger partial charge on any atom is -0.482 e. The number of carboxylic acids is 1. The van der Waals surface area contributed by atoms with Crippen molar-refractivity contribution in [3.63, 3.8) is 0 Å². The Bertz CT molecular complexity index is 1650. The second kappa shape index (κ2) is 13.2. The maximum atomic E-state index is 13.9. The van der Waals surface area contributed by atoms with Gasteiger partial charge in [-0.2, -0.15) is 5.10 Å². The number of fused-ring (bicyclic) bond motifs is 5. The van der Waals surface area contributed by atoms with E-state index in [1.165, 1.54) is 7.11 Å². The van der Waals surface area contributed by atoms with Gasteiger partial charge in [0, 0.05) is 25.2 Å². The van der Waals surface area contributed by atoms with Gasteiger partial charge in [0.15, 0.2) is 23.8 Å². The smallest absolute Gasteiger partial charge is 0.354 e. The van der Waals surface area contributed by atoms with Crippen LogP contribution in [0.25, 0.3) is 5.65 Å². The molecule has 2 bridgehead atoms. The fourth-order valence-electron chi connectivity index (χ4n) is 6.59. The molecule has 0 radical (unpaired) electrons. The molecule has 246 valence electrons. The standard InChI is InChI=1S/C19H21FN4O5.C12H15ClN2O2/c1-29-17(28)19-5-2-18(3-6-19,4-7-19)10-21-15(25)13-8-12(16(26)27)23-14-11(20)9-22-24(13)14;1-8(2)15-10-5-9(6-14-13)3-4-11(10)17-7-12(15)16/h8-9H,2-7,10H2,1H3,(H,21,25)(H,26,27);3-5,8,14H,6-7H2,1-2H3. The van der Waals surface area contributed by atoms with E-state index < -0.39 is 28.8 Å². The van der Waals surface area contributed by atoms with Crippen molar-refractivity contribution in [3.05, 3.63) is 53.2 Å². The van der Waals surface area contributed by atoms with Gasteiger partial charge < -0.3 is 24.8 Å². The molecule has 0 saturated heterocycles. The number of aromatic carboxylic acids is 1. The third kappa shape index (κ3) is 6.36. The monoisotopic (exact) mass is 658 g/mol. The van der Waals surface area contributed by atoms with Crippen molar-refractivity contribution in [1.82, 2.24) is 24.8 Å². The fraction of sp³-hybridized carbons (Fsp3) is 0.484. The van der Waals surface area contributed by atoms with Gasteiger partial charge in [-0.25, -0.2) is 23.5 Å². The fourth-order valence-corrected chi connectivity index (χ4v) is 6.74. The highest BCUT2D eigenvalue weighted by molar-refractivity contribution is 6.13. The molecule has 3 aromatic rings. The average Bonchev–Trinajstić information content (AvgIpc) is 3.44. The number of methoxy groups -OCH3 is 1. The van der Waals surface area contributed by atoms with Crippen molar-refractivity contribution in [3.8, 4) is 5.75 Å². The number of carbonyl (C=O) groups is 4. The molecular weight excluding hydrogens is 623 g/mol. The molecule has 3 fully saturated rings. The van der Waals surface area contributed by atoms with Crippen LogP contribution >= 0.6 is 11.8 Å². The molecule has 15 heteroatoms. The Labute approximate surface area is 269 Å². The van der Waals surface area contributed by atoms with Crippen molar-refractivity contribution in [2.75, 3.05) is 25.2 Å². The Balaban J connectivity index is 0.000000209. The molecule has 0 atom stereocenters. The van der Waals surface area contributed by atoms with Gasteiger partial charge in [-0.3, -0.25) is 14.4 Å². The van der Waals surface area contributed by atoms with Gasteiger partial charge in [0.1, 0.15) is 11.4 Å². The molecule has 0 spiro atoms. The number of halogens is 2. The molecule has 3 aliphatic carbocycles. The van der Waals surface area contributed by atoms with Crippen molar-refractivity contribution in [1.29, 1.82) is 0 Å². The molecule has 3 saturated carbocycles. The number of hydrogen-bond donors (Lipinski definition) is 3. The summed E-state index contributed by atoms with van der Waals surface area (Å²) in [7, 11) is 1.41. The first-order valence-electron chi connectivity index (χ1n) is 15.0. The molecular formula is C31H36ClFN6O7. The zero-order valence-electron chi connectivity index (χ0n) is 25.8. The lowest BCUT2D eigenvalue weighted by atomic mass is 9.53. The molecule has 0 unspecified atom stereocenters. The minimum absolute atomic E-state index is 0.0107. The molecule has 46 heavy (non-hydrogen) atoms. The number of amides is 2. The highest BCUT2D eigenvalue weighted by Gasteiger charge is 2.53. The van der Waals surface area contributed by atoms with Gasteiger partial charge in [0.2, 0.25) is 0 Å². The van der Waals surface area contributed by atoms with E-state index in [4.69, 9.17) is 21.3 Å².